The summed E-state index contributed by atoms with van der Waals surface area (Å²) in [5.41, 5.74) is 9.83. The predicted molar refractivity (Wildman–Crippen MR) is 223 cm³/mol. The summed E-state index contributed by atoms with van der Waals surface area (Å²) in [6, 6.07) is 66.4. The van der Waals surface area contributed by atoms with E-state index in [1.807, 2.05) is 53.8 Å². The van der Waals surface area contributed by atoms with Crippen molar-refractivity contribution < 1.29 is 0 Å². The van der Waals surface area contributed by atoms with E-state index < -0.39 is 0 Å². The van der Waals surface area contributed by atoms with Crippen LogP contribution in [0.1, 0.15) is 0 Å². The van der Waals surface area contributed by atoms with Gasteiger partial charge in [0.2, 0.25) is 0 Å². The lowest BCUT2D eigenvalue weighted by Gasteiger charge is -2.12. The Morgan fingerprint density at radius 1 is 0.283 bits per heavy atom. The van der Waals surface area contributed by atoms with Crippen LogP contribution in [0.4, 0.5) is 0 Å². The predicted octanol–water partition coefficient (Wildman–Crippen LogP) is 13.4. The van der Waals surface area contributed by atoms with Gasteiger partial charge in [-0.05, 0) is 74.5 Å². The van der Waals surface area contributed by atoms with E-state index in [4.69, 9.17) is 15.0 Å². The highest BCUT2D eigenvalue weighted by Crippen LogP contribution is 2.38. The van der Waals surface area contributed by atoms with E-state index >= 15 is 0 Å². The van der Waals surface area contributed by atoms with Gasteiger partial charge in [-0.1, -0.05) is 158 Å². The van der Waals surface area contributed by atoms with Gasteiger partial charge in [0.05, 0.1) is 0 Å². The molecule has 2 aromatic heterocycles. The Bertz CT molecular complexity index is 2930. The molecule has 10 rings (SSSR count). The maximum absolute atomic E-state index is 5.07. The molecule has 4 heteroatoms. The van der Waals surface area contributed by atoms with Crippen molar-refractivity contribution in [2.75, 3.05) is 0 Å². The molecule has 0 aliphatic carbocycles. The standard InChI is InChI=1S/C49H31N3S/c1-3-11-33(12-4-1)41-15-7-8-17-43(41)49-51-47(34-13-5-2-6-14-34)50-48(52-49)35-21-19-32(20-22-35)36-23-24-38-30-39(26-25-37(38)29-36)40-27-28-46-44(31-40)42-16-9-10-18-45(42)53-46/h1-31H. The van der Waals surface area contributed by atoms with Crippen molar-refractivity contribution in [2.45, 2.75) is 0 Å². The molecule has 0 saturated carbocycles. The van der Waals surface area contributed by atoms with Crippen LogP contribution >= 0.6 is 11.3 Å². The first-order chi connectivity index (χ1) is 26.2. The fourth-order valence-corrected chi connectivity index (χ4v) is 8.30. The van der Waals surface area contributed by atoms with Crippen LogP contribution in [-0.4, -0.2) is 15.0 Å². The Balaban J connectivity index is 0.987. The van der Waals surface area contributed by atoms with Gasteiger partial charge in [-0.25, -0.2) is 15.0 Å². The summed E-state index contributed by atoms with van der Waals surface area (Å²) < 4.78 is 2.66. The van der Waals surface area contributed by atoms with Gasteiger partial charge in [-0.3, -0.25) is 0 Å². The molecule has 3 nitrogen and oxygen atoms in total. The minimum absolute atomic E-state index is 0.642. The van der Waals surface area contributed by atoms with Crippen LogP contribution in [0.15, 0.2) is 188 Å². The summed E-state index contributed by atoms with van der Waals surface area (Å²) in [5.74, 6) is 1.94. The van der Waals surface area contributed by atoms with Crippen molar-refractivity contribution in [1.82, 2.24) is 15.0 Å². The number of hydrogen-bond acceptors (Lipinski definition) is 4. The molecule has 0 aliphatic rings. The molecule has 0 unspecified atom stereocenters. The molecule has 8 aromatic carbocycles. The van der Waals surface area contributed by atoms with Crippen LogP contribution in [0.3, 0.4) is 0 Å². The van der Waals surface area contributed by atoms with E-state index in [9.17, 15) is 0 Å². The van der Waals surface area contributed by atoms with Crippen LogP contribution < -0.4 is 0 Å². The maximum Gasteiger partial charge on any atom is 0.164 e. The van der Waals surface area contributed by atoms with Crippen LogP contribution in [0.5, 0.6) is 0 Å². The quantitative estimate of drug-likeness (QED) is 0.174. The van der Waals surface area contributed by atoms with Gasteiger partial charge in [0.1, 0.15) is 0 Å². The summed E-state index contributed by atoms with van der Waals surface area (Å²) in [6.07, 6.45) is 0. The second kappa shape index (κ2) is 13.1. The second-order valence-electron chi connectivity index (χ2n) is 13.2. The number of aromatic nitrogens is 3. The van der Waals surface area contributed by atoms with E-state index in [1.54, 1.807) is 0 Å². The molecule has 0 fully saturated rings. The van der Waals surface area contributed by atoms with Crippen molar-refractivity contribution in [3.8, 4) is 67.5 Å². The third kappa shape index (κ3) is 5.85. The second-order valence-corrected chi connectivity index (χ2v) is 14.3. The summed E-state index contributed by atoms with van der Waals surface area (Å²) >= 11 is 1.86. The SMILES string of the molecule is c1ccc(-c2nc(-c3ccc(-c4ccc5cc(-c6ccc7sc8ccccc8c7c6)ccc5c4)cc3)nc(-c3ccccc3-c3ccccc3)n2)cc1. The zero-order valence-electron chi connectivity index (χ0n) is 28.6. The van der Waals surface area contributed by atoms with Crippen molar-refractivity contribution in [2.24, 2.45) is 0 Å². The van der Waals surface area contributed by atoms with Crippen molar-refractivity contribution in [3.05, 3.63) is 188 Å². The zero-order valence-corrected chi connectivity index (χ0v) is 29.5. The van der Waals surface area contributed by atoms with Crippen LogP contribution in [-0.2, 0) is 0 Å². The zero-order chi connectivity index (χ0) is 35.1. The average molecular weight is 694 g/mol. The number of fused-ring (bicyclic) bond motifs is 4. The van der Waals surface area contributed by atoms with Gasteiger partial charge >= 0.3 is 0 Å². The lowest BCUT2D eigenvalue weighted by atomic mass is 9.96. The number of nitrogens with zero attached hydrogens (tertiary/aromatic N) is 3. The van der Waals surface area contributed by atoms with Crippen LogP contribution in [0.25, 0.3) is 98.5 Å². The molecule has 53 heavy (non-hydrogen) atoms. The first kappa shape index (κ1) is 31.0. The van der Waals surface area contributed by atoms with Crippen molar-refractivity contribution >= 4 is 42.3 Å². The summed E-state index contributed by atoms with van der Waals surface area (Å²) in [5, 5.41) is 5.08. The van der Waals surface area contributed by atoms with E-state index in [-0.39, 0.29) is 0 Å². The third-order valence-electron chi connectivity index (χ3n) is 9.95. The molecule has 0 aliphatic heterocycles. The molecular formula is C49H31N3S. The highest BCUT2D eigenvalue weighted by Gasteiger charge is 2.16. The van der Waals surface area contributed by atoms with Gasteiger partial charge < -0.3 is 0 Å². The maximum atomic E-state index is 5.07. The first-order valence-electron chi connectivity index (χ1n) is 17.8. The monoisotopic (exact) mass is 693 g/mol. The number of thiophene rings is 1. The molecule has 2 heterocycles. The Morgan fingerprint density at radius 3 is 1.47 bits per heavy atom. The number of rotatable bonds is 6. The Morgan fingerprint density at radius 2 is 0.755 bits per heavy atom. The van der Waals surface area contributed by atoms with Gasteiger partial charge in [0, 0.05) is 36.9 Å². The van der Waals surface area contributed by atoms with Crippen LogP contribution in [0, 0.1) is 0 Å². The minimum atomic E-state index is 0.642. The minimum Gasteiger partial charge on any atom is -0.208 e. The van der Waals surface area contributed by atoms with Gasteiger partial charge in [-0.15, -0.1) is 11.3 Å². The Kier molecular flexibility index (Phi) is 7.67. The van der Waals surface area contributed by atoms with E-state index in [0.29, 0.717) is 17.5 Å². The Hall–Kier alpha value is -6.75. The molecule has 10 aromatic rings. The highest BCUT2D eigenvalue weighted by molar-refractivity contribution is 7.25. The molecule has 0 saturated heterocycles. The van der Waals surface area contributed by atoms with Crippen molar-refractivity contribution in [1.29, 1.82) is 0 Å². The average Bonchev–Trinajstić information content (AvgIpc) is 3.62. The van der Waals surface area contributed by atoms with Gasteiger partial charge in [0.15, 0.2) is 17.5 Å². The van der Waals surface area contributed by atoms with Crippen molar-refractivity contribution in [3.63, 3.8) is 0 Å². The van der Waals surface area contributed by atoms with E-state index in [1.165, 1.54) is 47.6 Å². The summed E-state index contributed by atoms with van der Waals surface area (Å²) in [4.78, 5) is 15.1. The van der Waals surface area contributed by atoms with Crippen LogP contribution in [0.2, 0.25) is 0 Å². The number of hydrogen-bond donors (Lipinski definition) is 0. The fraction of sp³-hybridized carbons (Fsp3) is 0. The van der Waals surface area contributed by atoms with Gasteiger partial charge in [-0.2, -0.15) is 0 Å². The third-order valence-corrected chi connectivity index (χ3v) is 11.1. The highest BCUT2D eigenvalue weighted by atomic mass is 32.1. The Labute approximate surface area is 311 Å². The molecule has 0 amide bonds. The molecule has 0 N–H and O–H groups in total. The van der Waals surface area contributed by atoms with E-state index in [0.717, 1.165) is 33.4 Å². The smallest absolute Gasteiger partial charge is 0.164 e. The molecule has 0 spiro atoms. The van der Waals surface area contributed by atoms with Gasteiger partial charge in [0.25, 0.3) is 0 Å². The molecule has 0 atom stereocenters. The molecular weight excluding hydrogens is 663 g/mol. The fourth-order valence-electron chi connectivity index (χ4n) is 7.21. The van der Waals surface area contributed by atoms with E-state index in [2.05, 4.69) is 146 Å². The normalized spacial score (nSPS) is 11.4. The topological polar surface area (TPSA) is 38.7 Å². The summed E-state index contributed by atoms with van der Waals surface area (Å²) in [6.45, 7) is 0. The number of benzene rings is 8. The molecule has 0 radical (unpaired) electrons. The first-order valence-corrected chi connectivity index (χ1v) is 18.6. The summed E-state index contributed by atoms with van der Waals surface area (Å²) in [7, 11) is 0. The lowest BCUT2D eigenvalue weighted by molar-refractivity contribution is 1.07. The largest absolute Gasteiger partial charge is 0.208 e. The molecule has 248 valence electrons. The molecule has 0 bridgehead atoms. The lowest BCUT2D eigenvalue weighted by Crippen LogP contribution is -2.01.